The van der Waals surface area contributed by atoms with Crippen LogP contribution in [0.15, 0.2) is 53.4 Å². The van der Waals surface area contributed by atoms with Crippen molar-refractivity contribution in [2.45, 2.75) is 44.0 Å². The highest BCUT2D eigenvalue weighted by Crippen LogP contribution is 2.32. The lowest BCUT2D eigenvalue weighted by molar-refractivity contribution is 0.153. The molecule has 9 nitrogen and oxygen atoms in total. The van der Waals surface area contributed by atoms with Gasteiger partial charge in [0.25, 0.3) is 0 Å². The summed E-state index contributed by atoms with van der Waals surface area (Å²) in [6.07, 6.45) is 0.833. The van der Waals surface area contributed by atoms with Crippen molar-refractivity contribution >= 4 is 15.5 Å². The zero-order valence-electron chi connectivity index (χ0n) is 20.8. The molecular weight excluding hydrogens is 464 g/mol. The zero-order chi connectivity index (χ0) is 25.0. The van der Waals surface area contributed by atoms with Crippen molar-refractivity contribution in [1.29, 1.82) is 0 Å². The molecule has 1 atom stereocenters. The van der Waals surface area contributed by atoms with E-state index in [1.54, 1.807) is 31.4 Å². The normalized spacial score (nSPS) is 16.0. The highest BCUT2D eigenvalue weighted by molar-refractivity contribution is 7.90. The molecule has 1 aromatic heterocycles. The van der Waals surface area contributed by atoms with Crippen molar-refractivity contribution in [3.8, 4) is 5.75 Å². The molecule has 2 heterocycles. The summed E-state index contributed by atoms with van der Waals surface area (Å²) in [5.74, 6) is 1.57. The summed E-state index contributed by atoms with van der Waals surface area (Å²) in [5, 5.41) is 12.2. The fourth-order valence-electron chi connectivity index (χ4n) is 4.55. The van der Waals surface area contributed by atoms with Crippen LogP contribution >= 0.6 is 0 Å². The van der Waals surface area contributed by atoms with Crippen LogP contribution in [0, 0.1) is 12.8 Å². The third kappa shape index (κ3) is 5.82. The van der Waals surface area contributed by atoms with Gasteiger partial charge in [-0.25, -0.2) is 13.1 Å². The van der Waals surface area contributed by atoms with Crippen molar-refractivity contribution in [3.63, 3.8) is 0 Å². The van der Waals surface area contributed by atoms with E-state index in [9.17, 15) is 8.42 Å². The quantitative estimate of drug-likeness (QED) is 0.444. The van der Waals surface area contributed by atoms with Gasteiger partial charge in [0.05, 0.1) is 23.7 Å². The molecule has 0 N–H and O–H groups in total. The number of anilines is 1. The first kappa shape index (κ1) is 25.1. The van der Waals surface area contributed by atoms with E-state index in [4.69, 9.17) is 4.74 Å². The first-order valence-corrected chi connectivity index (χ1v) is 13.6. The average molecular weight is 499 g/mol. The highest BCUT2D eigenvalue weighted by Gasteiger charge is 2.31. The molecule has 0 spiro atoms. The zero-order valence-corrected chi connectivity index (χ0v) is 21.6. The van der Waals surface area contributed by atoms with Gasteiger partial charge >= 0.3 is 0 Å². The third-order valence-electron chi connectivity index (χ3n) is 6.41. The number of methoxy groups -OCH3 is 1. The van der Waals surface area contributed by atoms with E-state index in [-0.39, 0.29) is 16.8 Å². The first-order valence-electron chi connectivity index (χ1n) is 12.0. The standard InChI is InChI=1S/C25H34N6O3S/c1-19(2)17-23(30-15-13-29(14-16-30)22-7-5-6-8-24(22)34-4)25-26-27-28-31(25)18-35(32,33)21-11-9-20(3)10-12-21/h5-12,19,23H,13-18H2,1-4H3. The Kier molecular flexibility index (Phi) is 7.71. The van der Waals surface area contributed by atoms with Gasteiger partial charge in [0.2, 0.25) is 0 Å². The summed E-state index contributed by atoms with van der Waals surface area (Å²) >= 11 is 0. The van der Waals surface area contributed by atoms with Gasteiger partial charge in [-0.15, -0.1) is 5.10 Å². The molecule has 3 aromatic rings. The Labute approximate surface area is 207 Å². The van der Waals surface area contributed by atoms with E-state index in [2.05, 4.69) is 45.2 Å². The fourth-order valence-corrected chi connectivity index (χ4v) is 5.76. The van der Waals surface area contributed by atoms with Crippen LogP contribution in [0.5, 0.6) is 5.75 Å². The number of aryl methyl sites for hydroxylation is 1. The predicted molar refractivity (Wildman–Crippen MR) is 135 cm³/mol. The molecule has 10 heteroatoms. The Morgan fingerprint density at radius 1 is 1.00 bits per heavy atom. The maximum absolute atomic E-state index is 13.1. The molecule has 2 aromatic carbocycles. The van der Waals surface area contributed by atoms with Crippen molar-refractivity contribution in [2.24, 2.45) is 5.92 Å². The lowest BCUT2D eigenvalue weighted by atomic mass is 10.0. The number of rotatable bonds is 9. The molecule has 35 heavy (non-hydrogen) atoms. The Balaban J connectivity index is 1.53. The second-order valence-corrected chi connectivity index (χ2v) is 11.4. The molecule has 0 bridgehead atoms. The highest BCUT2D eigenvalue weighted by atomic mass is 32.2. The average Bonchev–Trinajstić information content (AvgIpc) is 3.30. The summed E-state index contributed by atoms with van der Waals surface area (Å²) in [4.78, 5) is 4.97. The Morgan fingerprint density at radius 2 is 1.69 bits per heavy atom. The van der Waals surface area contributed by atoms with Gasteiger partial charge in [0, 0.05) is 26.2 Å². The summed E-state index contributed by atoms with van der Waals surface area (Å²) in [5.41, 5.74) is 2.10. The molecule has 188 valence electrons. The number of aromatic nitrogens is 4. The number of para-hydroxylation sites is 2. The summed E-state index contributed by atoms with van der Waals surface area (Å²) in [7, 11) is -1.90. The number of nitrogens with zero attached hydrogens (tertiary/aromatic N) is 6. The van der Waals surface area contributed by atoms with Crippen LogP contribution in [0.1, 0.15) is 37.7 Å². The molecule has 1 fully saturated rings. The van der Waals surface area contributed by atoms with Gasteiger partial charge in [0.1, 0.15) is 5.75 Å². The van der Waals surface area contributed by atoms with Gasteiger partial charge in [-0.05, 0) is 54.0 Å². The van der Waals surface area contributed by atoms with Crippen LogP contribution in [0.2, 0.25) is 0 Å². The predicted octanol–water partition coefficient (Wildman–Crippen LogP) is 3.33. The lowest BCUT2D eigenvalue weighted by Crippen LogP contribution is -2.48. The minimum absolute atomic E-state index is 0.0713. The van der Waals surface area contributed by atoms with E-state index < -0.39 is 9.84 Å². The second kappa shape index (κ2) is 10.7. The second-order valence-electron chi connectivity index (χ2n) is 9.43. The van der Waals surface area contributed by atoms with E-state index >= 15 is 0 Å². The van der Waals surface area contributed by atoms with Crippen molar-refractivity contribution < 1.29 is 13.2 Å². The van der Waals surface area contributed by atoms with Crippen molar-refractivity contribution in [2.75, 3.05) is 38.2 Å². The Bertz CT molecular complexity index is 1220. The molecule has 0 saturated carbocycles. The molecule has 0 radical (unpaired) electrons. The van der Waals surface area contributed by atoms with Gasteiger partial charge < -0.3 is 9.64 Å². The van der Waals surface area contributed by atoms with Crippen LogP contribution < -0.4 is 9.64 Å². The number of hydrogen-bond donors (Lipinski definition) is 0. The number of piperazine rings is 1. The molecule has 0 aliphatic carbocycles. The number of ether oxygens (including phenoxy) is 1. The molecule has 1 aliphatic heterocycles. The molecule has 4 rings (SSSR count). The van der Waals surface area contributed by atoms with Gasteiger partial charge in [-0.2, -0.15) is 0 Å². The Hall–Kier alpha value is -2.98. The molecule has 1 saturated heterocycles. The fraction of sp³-hybridized carbons (Fsp3) is 0.480. The van der Waals surface area contributed by atoms with Crippen LogP contribution in [0.4, 0.5) is 5.69 Å². The summed E-state index contributed by atoms with van der Waals surface area (Å²) in [6, 6.07) is 14.9. The van der Waals surface area contributed by atoms with Crippen LogP contribution in [-0.4, -0.2) is 66.8 Å². The van der Waals surface area contributed by atoms with E-state index in [1.165, 1.54) is 4.68 Å². The van der Waals surface area contributed by atoms with Gasteiger partial charge in [0.15, 0.2) is 21.5 Å². The third-order valence-corrected chi connectivity index (χ3v) is 7.98. The molecule has 0 amide bonds. The number of hydrogen-bond acceptors (Lipinski definition) is 8. The van der Waals surface area contributed by atoms with Gasteiger partial charge in [-0.1, -0.05) is 43.7 Å². The van der Waals surface area contributed by atoms with E-state index in [0.717, 1.165) is 49.6 Å². The number of sulfone groups is 1. The minimum atomic E-state index is -3.59. The van der Waals surface area contributed by atoms with E-state index in [0.29, 0.717) is 11.7 Å². The van der Waals surface area contributed by atoms with Crippen molar-refractivity contribution in [1.82, 2.24) is 25.1 Å². The maximum Gasteiger partial charge on any atom is 0.198 e. The summed E-state index contributed by atoms with van der Waals surface area (Å²) < 4.78 is 33.2. The van der Waals surface area contributed by atoms with Crippen LogP contribution in [0.3, 0.4) is 0 Å². The van der Waals surface area contributed by atoms with Gasteiger partial charge in [-0.3, -0.25) is 4.90 Å². The summed E-state index contributed by atoms with van der Waals surface area (Å²) in [6.45, 7) is 9.54. The van der Waals surface area contributed by atoms with E-state index in [1.807, 2.05) is 25.1 Å². The largest absolute Gasteiger partial charge is 0.495 e. The maximum atomic E-state index is 13.1. The Morgan fingerprint density at radius 3 is 2.34 bits per heavy atom. The van der Waals surface area contributed by atoms with Crippen LogP contribution in [-0.2, 0) is 15.7 Å². The lowest BCUT2D eigenvalue weighted by Gasteiger charge is -2.40. The molecular formula is C25H34N6O3S. The molecule has 1 unspecified atom stereocenters. The topological polar surface area (TPSA) is 93.4 Å². The molecule has 1 aliphatic rings. The minimum Gasteiger partial charge on any atom is -0.495 e. The van der Waals surface area contributed by atoms with Crippen molar-refractivity contribution in [3.05, 3.63) is 59.9 Å². The first-order chi connectivity index (χ1) is 16.8. The number of tetrazole rings is 1. The van der Waals surface area contributed by atoms with Crippen LogP contribution in [0.25, 0.3) is 0 Å². The SMILES string of the molecule is COc1ccccc1N1CCN(C(CC(C)C)c2nnnn2CS(=O)(=O)c2ccc(C)cc2)CC1. The monoisotopic (exact) mass is 498 g/mol. The number of benzene rings is 2. The smallest absolute Gasteiger partial charge is 0.198 e.